The number of halogens is 2. The Labute approximate surface area is 124 Å². The Morgan fingerprint density at radius 2 is 1.90 bits per heavy atom. The van der Waals surface area contributed by atoms with E-state index in [1.807, 2.05) is 24.0 Å². The fraction of sp³-hybridized carbons (Fsp3) is 0.533. The zero-order valence-corrected chi connectivity index (χ0v) is 12.6. The molecule has 110 valence electrons. The van der Waals surface area contributed by atoms with Gasteiger partial charge in [-0.1, -0.05) is 12.1 Å². The molecule has 1 aliphatic heterocycles. The van der Waals surface area contributed by atoms with Crippen molar-refractivity contribution in [1.29, 1.82) is 0 Å². The van der Waals surface area contributed by atoms with Gasteiger partial charge in [-0.3, -0.25) is 9.69 Å². The molecule has 1 saturated heterocycles. The van der Waals surface area contributed by atoms with Gasteiger partial charge >= 0.3 is 0 Å². The van der Waals surface area contributed by atoms with Crippen molar-refractivity contribution in [2.24, 2.45) is 0 Å². The summed E-state index contributed by atoms with van der Waals surface area (Å²) >= 11 is 5.64. The fourth-order valence-corrected chi connectivity index (χ4v) is 2.82. The highest BCUT2D eigenvalue weighted by molar-refractivity contribution is 6.27. The van der Waals surface area contributed by atoms with Gasteiger partial charge in [0.05, 0.1) is 0 Å². The van der Waals surface area contributed by atoms with Crippen LogP contribution in [0.2, 0.25) is 0 Å². The predicted molar refractivity (Wildman–Crippen MR) is 78.2 cm³/mol. The topological polar surface area (TPSA) is 23.6 Å². The van der Waals surface area contributed by atoms with Crippen LogP contribution in [-0.4, -0.2) is 46.8 Å². The lowest BCUT2D eigenvalue weighted by Crippen LogP contribution is -2.57. The number of carbonyl (C=O) groups excluding carboxylic acids is 1. The van der Waals surface area contributed by atoms with E-state index in [1.54, 1.807) is 0 Å². The van der Waals surface area contributed by atoms with Crippen LogP contribution in [0.3, 0.4) is 0 Å². The minimum atomic E-state index is -0.215. The van der Waals surface area contributed by atoms with Gasteiger partial charge in [0.25, 0.3) is 0 Å². The summed E-state index contributed by atoms with van der Waals surface area (Å²) in [6.45, 7) is 6.40. The van der Waals surface area contributed by atoms with E-state index in [0.29, 0.717) is 6.54 Å². The minimum Gasteiger partial charge on any atom is -0.336 e. The van der Waals surface area contributed by atoms with Crippen LogP contribution in [-0.2, 0) is 11.3 Å². The second kappa shape index (κ2) is 6.55. The van der Waals surface area contributed by atoms with Gasteiger partial charge in [0.2, 0.25) is 5.91 Å². The lowest BCUT2D eigenvalue weighted by molar-refractivity contribution is -0.134. The van der Waals surface area contributed by atoms with Crippen molar-refractivity contribution < 1.29 is 9.18 Å². The first-order valence-electron chi connectivity index (χ1n) is 6.85. The molecule has 0 aliphatic carbocycles. The second-order valence-electron chi connectivity index (χ2n) is 5.43. The molecular formula is C15H20ClFN2O. The van der Waals surface area contributed by atoms with Crippen LogP contribution in [0.4, 0.5) is 4.39 Å². The van der Waals surface area contributed by atoms with Crippen LogP contribution in [0.25, 0.3) is 0 Å². The van der Waals surface area contributed by atoms with E-state index in [0.717, 1.165) is 18.7 Å². The van der Waals surface area contributed by atoms with Gasteiger partial charge in [-0.15, -0.1) is 11.6 Å². The Balaban J connectivity index is 2.01. The van der Waals surface area contributed by atoms with E-state index in [2.05, 4.69) is 11.8 Å². The lowest BCUT2D eigenvalue weighted by Gasteiger charge is -2.44. The van der Waals surface area contributed by atoms with Crippen molar-refractivity contribution in [2.45, 2.75) is 32.5 Å². The quantitative estimate of drug-likeness (QED) is 0.801. The number of hydrogen-bond donors (Lipinski definition) is 0. The van der Waals surface area contributed by atoms with Crippen LogP contribution in [0.1, 0.15) is 19.4 Å². The molecule has 1 aromatic carbocycles. The van der Waals surface area contributed by atoms with Crippen molar-refractivity contribution in [3.8, 4) is 0 Å². The monoisotopic (exact) mass is 298 g/mol. The number of piperazine rings is 1. The molecule has 0 saturated carbocycles. The smallest absolute Gasteiger partial charge is 0.237 e. The van der Waals surface area contributed by atoms with E-state index in [4.69, 9.17) is 11.6 Å². The summed E-state index contributed by atoms with van der Waals surface area (Å²) in [6.07, 6.45) is 0. The molecule has 1 aromatic rings. The fourth-order valence-electron chi connectivity index (χ4n) is 2.67. The van der Waals surface area contributed by atoms with Crippen LogP contribution >= 0.6 is 11.6 Å². The van der Waals surface area contributed by atoms with Crippen molar-refractivity contribution in [3.63, 3.8) is 0 Å². The minimum absolute atomic E-state index is 0.00699. The van der Waals surface area contributed by atoms with Gasteiger partial charge in [0.15, 0.2) is 0 Å². The number of hydrogen-bond acceptors (Lipinski definition) is 2. The highest BCUT2D eigenvalue weighted by Gasteiger charge is 2.31. The maximum absolute atomic E-state index is 12.9. The Kier molecular flexibility index (Phi) is 5.00. The molecule has 1 unspecified atom stereocenters. The third-order valence-corrected chi connectivity index (χ3v) is 4.08. The summed E-state index contributed by atoms with van der Waals surface area (Å²) in [4.78, 5) is 15.9. The normalized spacial score (nSPS) is 23.9. The van der Waals surface area contributed by atoms with Crippen LogP contribution < -0.4 is 0 Å². The Morgan fingerprint density at radius 3 is 2.50 bits per heavy atom. The average Bonchev–Trinajstić information content (AvgIpc) is 2.44. The van der Waals surface area contributed by atoms with Crippen LogP contribution in [0, 0.1) is 5.82 Å². The van der Waals surface area contributed by atoms with E-state index in [9.17, 15) is 9.18 Å². The van der Waals surface area contributed by atoms with Gasteiger partial charge in [0, 0.05) is 31.7 Å². The van der Waals surface area contributed by atoms with Crippen LogP contribution in [0.15, 0.2) is 24.3 Å². The number of amides is 1. The number of rotatable bonds is 3. The number of carbonyl (C=O) groups is 1. The van der Waals surface area contributed by atoms with Crippen molar-refractivity contribution in [1.82, 2.24) is 9.80 Å². The lowest BCUT2D eigenvalue weighted by atomic mass is 10.1. The molecule has 20 heavy (non-hydrogen) atoms. The van der Waals surface area contributed by atoms with Gasteiger partial charge in [0.1, 0.15) is 11.7 Å². The first-order valence-corrected chi connectivity index (χ1v) is 7.38. The standard InChI is InChI=1S/C15H20ClFN2O/c1-11-9-19(15(20)7-16)12(2)8-18(11)10-13-3-5-14(17)6-4-13/h3-6,11-12H,7-10H2,1-2H3/t11-,12?/m0/s1. The highest BCUT2D eigenvalue weighted by Crippen LogP contribution is 2.18. The first kappa shape index (κ1) is 15.3. The molecule has 2 rings (SSSR count). The molecule has 0 bridgehead atoms. The summed E-state index contributed by atoms with van der Waals surface area (Å²) in [5.41, 5.74) is 1.09. The van der Waals surface area contributed by atoms with Gasteiger partial charge < -0.3 is 4.90 Å². The van der Waals surface area contributed by atoms with Crippen molar-refractivity contribution >= 4 is 17.5 Å². The SMILES string of the molecule is CC1CN(Cc2ccc(F)cc2)[C@@H](C)CN1C(=O)CCl. The van der Waals surface area contributed by atoms with E-state index in [1.165, 1.54) is 12.1 Å². The zero-order valence-electron chi connectivity index (χ0n) is 11.9. The van der Waals surface area contributed by atoms with Crippen molar-refractivity contribution in [2.75, 3.05) is 19.0 Å². The Morgan fingerprint density at radius 1 is 1.25 bits per heavy atom. The molecular weight excluding hydrogens is 279 g/mol. The second-order valence-corrected chi connectivity index (χ2v) is 5.70. The summed E-state index contributed by atoms with van der Waals surface area (Å²) in [7, 11) is 0. The molecule has 2 atom stereocenters. The van der Waals surface area contributed by atoms with Crippen molar-refractivity contribution in [3.05, 3.63) is 35.6 Å². The van der Waals surface area contributed by atoms with Gasteiger partial charge in [-0.25, -0.2) is 4.39 Å². The maximum Gasteiger partial charge on any atom is 0.237 e. The molecule has 0 radical (unpaired) electrons. The molecule has 1 fully saturated rings. The van der Waals surface area contributed by atoms with E-state index < -0.39 is 0 Å². The number of alkyl halides is 1. The molecule has 1 amide bonds. The third-order valence-electron chi connectivity index (χ3n) is 3.85. The summed E-state index contributed by atoms with van der Waals surface area (Å²) < 4.78 is 12.9. The largest absolute Gasteiger partial charge is 0.336 e. The van der Waals surface area contributed by atoms with Crippen LogP contribution in [0.5, 0.6) is 0 Å². The Hall–Kier alpha value is -1.13. The van der Waals surface area contributed by atoms with E-state index >= 15 is 0 Å². The molecule has 0 N–H and O–H groups in total. The van der Waals surface area contributed by atoms with E-state index in [-0.39, 0.29) is 29.7 Å². The summed E-state index contributed by atoms with van der Waals surface area (Å²) in [6, 6.07) is 7.00. The molecule has 5 heteroatoms. The average molecular weight is 299 g/mol. The number of nitrogens with zero attached hydrogens (tertiary/aromatic N) is 2. The number of benzene rings is 1. The maximum atomic E-state index is 12.9. The molecule has 1 heterocycles. The molecule has 0 aromatic heterocycles. The molecule has 3 nitrogen and oxygen atoms in total. The first-order chi connectivity index (χ1) is 9.51. The third kappa shape index (κ3) is 3.49. The predicted octanol–water partition coefficient (Wildman–Crippen LogP) is 2.49. The summed E-state index contributed by atoms with van der Waals surface area (Å²) in [5, 5.41) is 0. The molecule has 0 spiro atoms. The zero-order chi connectivity index (χ0) is 14.7. The van der Waals surface area contributed by atoms with Gasteiger partial charge in [-0.05, 0) is 31.5 Å². The van der Waals surface area contributed by atoms with Gasteiger partial charge in [-0.2, -0.15) is 0 Å². The highest BCUT2D eigenvalue weighted by atomic mass is 35.5. The molecule has 1 aliphatic rings. The summed E-state index contributed by atoms with van der Waals surface area (Å²) in [5.74, 6) is -0.185. The Bertz CT molecular complexity index is 465.